The van der Waals surface area contributed by atoms with Crippen LogP contribution in [-0.4, -0.2) is 33.2 Å². The topological polar surface area (TPSA) is 43.2 Å². The van der Waals surface area contributed by atoms with Crippen molar-refractivity contribution < 1.29 is 0 Å². The third-order valence-corrected chi connectivity index (χ3v) is 2.67. The van der Waals surface area contributed by atoms with Gasteiger partial charge < -0.3 is 9.80 Å². The molecule has 0 saturated heterocycles. The fraction of sp³-hybridized carbons (Fsp3) is 0.500. The second-order valence-electron chi connectivity index (χ2n) is 4.28. The summed E-state index contributed by atoms with van der Waals surface area (Å²) < 4.78 is 0. The van der Waals surface area contributed by atoms with Gasteiger partial charge in [0, 0.05) is 28.2 Å². The van der Waals surface area contributed by atoms with Crippen molar-refractivity contribution in [2.75, 3.05) is 38.0 Å². The normalized spacial score (nSPS) is 9.81. The van der Waals surface area contributed by atoms with E-state index in [4.69, 9.17) is 0 Å². The second-order valence-corrected chi connectivity index (χ2v) is 4.28. The van der Waals surface area contributed by atoms with E-state index < -0.39 is 0 Å². The molecule has 0 aliphatic carbocycles. The number of anilines is 2. The molecule has 1 rings (SSSR count). The number of rotatable bonds is 2. The molecule has 0 atom stereocenters. The van der Waals surface area contributed by atoms with Crippen LogP contribution >= 0.6 is 0 Å². The van der Waals surface area contributed by atoms with Crippen LogP contribution in [0.25, 0.3) is 0 Å². The Morgan fingerprint density at radius 3 is 1.81 bits per heavy atom. The van der Waals surface area contributed by atoms with Crippen molar-refractivity contribution >= 4 is 11.6 Å². The number of nitrogens with zero attached hydrogens (tertiary/aromatic N) is 4. The Balaban J connectivity index is 3.57. The lowest BCUT2D eigenvalue weighted by Gasteiger charge is -2.22. The van der Waals surface area contributed by atoms with Crippen molar-refractivity contribution in [1.82, 2.24) is 4.98 Å². The quantitative estimate of drug-likeness (QED) is 0.758. The van der Waals surface area contributed by atoms with Crippen LogP contribution in [0.2, 0.25) is 0 Å². The first kappa shape index (κ1) is 12.3. The fourth-order valence-corrected chi connectivity index (χ4v) is 1.66. The Bertz CT molecular complexity index is 441. The molecule has 4 nitrogen and oxygen atoms in total. The van der Waals surface area contributed by atoms with E-state index in [-0.39, 0.29) is 0 Å². The summed E-state index contributed by atoms with van der Waals surface area (Å²) in [5.74, 6) is 1.65. The molecule has 86 valence electrons. The van der Waals surface area contributed by atoms with E-state index in [0.717, 1.165) is 22.8 Å². The minimum atomic E-state index is 0.660. The molecule has 1 aromatic rings. The molecule has 0 fully saturated rings. The van der Waals surface area contributed by atoms with Gasteiger partial charge in [0.25, 0.3) is 0 Å². The standard InChI is InChI=1S/C12H18N4/c1-8-9(2)11(15(3)4)14-12(16(5)6)10(8)7-13/h1-6H3. The monoisotopic (exact) mass is 218 g/mol. The Kier molecular flexibility index (Phi) is 3.38. The van der Waals surface area contributed by atoms with Crippen molar-refractivity contribution in [3.63, 3.8) is 0 Å². The summed E-state index contributed by atoms with van der Waals surface area (Å²) in [5, 5.41) is 9.17. The van der Waals surface area contributed by atoms with Crippen molar-refractivity contribution in [2.45, 2.75) is 13.8 Å². The van der Waals surface area contributed by atoms with Gasteiger partial charge in [0.15, 0.2) is 0 Å². The lowest BCUT2D eigenvalue weighted by Crippen LogP contribution is -2.19. The van der Waals surface area contributed by atoms with Crippen LogP contribution in [0.4, 0.5) is 11.6 Å². The molecule has 1 heterocycles. The van der Waals surface area contributed by atoms with Crippen molar-refractivity contribution in [3.8, 4) is 6.07 Å². The predicted molar refractivity (Wildman–Crippen MR) is 67.1 cm³/mol. The summed E-state index contributed by atoms with van der Waals surface area (Å²) in [6.45, 7) is 3.97. The second kappa shape index (κ2) is 4.40. The van der Waals surface area contributed by atoms with Gasteiger partial charge in [-0.05, 0) is 25.0 Å². The molecule has 0 aliphatic heterocycles. The Morgan fingerprint density at radius 2 is 1.44 bits per heavy atom. The minimum Gasteiger partial charge on any atom is -0.362 e. The number of hydrogen-bond donors (Lipinski definition) is 0. The number of hydrogen-bond acceptors (Lipinski definition) is 4. The molecule has 0 amide bonds. The van der Waals surface area contributed by atoms with Crippen LogP contribution in [0.1, 0.15) is 16.7 Å². The van der Waals surface area contributed by atoms with E-state index in [0.29, 0.717) is 5.56 Å². The van der Waals surface area contributed by atoms with Crippen LogP contribution in [-0.2, 0) is 0 Å². The largest absolute Gasteiger partial charge is 0.362 e. The van der Waals surface area contributed by atoms with Gasteiger partial charge in [0.1, 0.15) is 17.7 Å². The van der Waals surface area contributed by atoms with E-state index >= 15 is 0 Å². The van der Waals surface area contributed by atoms with Gasteiger partial charge in [-0.3, -0.25) is 0 Å². The summed E-state index contributed by atoms with van der Waals surface area (Å²) in [4.78, 5) is 8.37. The Hall–Kier alpha value is -1.76. The number of pyridine rings is 1. The Labute approximate surface area is 97.1 Å². The number of aromatic nitrogens is 1. The molecular formula is C12H18N4. The SMILES string of the molecule is Cc1c(N(C)C)nc(N(C)C)c(C#N)c1C. The molecule has 0 radical (unpaired) electrons. The highest BCUT2D eigenvalue weighted by molar-refractivity contribution is 5.65. The van der Waals surface area contributed by atoms with Crippen molar-refractivity contribution in [2.24, 2.45) is 0 Å². The van der Waals surface area contributed by atoms with Crippen LogP contribution < -0.4 is 9.80 Å². The maximum absolute atomic E-state index is 9.17. The maximum atomic E-state index is 9.17. The average molecular weight is 218 g/mol. The first-order chi connectivity index (χ1) is 7.40. The van der Waals surface area contributed by atoms with Gasteiger partial charge in [-0.2, -0.15) is 5.26 Å². The van der Waals surface area contributed by atoms with E-state index in [1.54, 1.807) is 0 Å². The van der Waals surface area contributed by atoms with Gasteiger partial charge in [-0.15, -0.1) is 0 Å². The first-order valence-corrected chi connectivity index (χ1v) is 5.16. The smallest absolute Gasteiger partial charge is 0.148 e. The minimum absolute atomic E-state index is 0.660. The number of nitriles is 1. The molecule has 0 N–H and O–H groups in total. The Morgan fingerprint density at radius 1 is 0.938 bits per heavy atom. The summed E-state index contributed by atoms with van der Waals surface area (Å²) >= 11 is 0. The van der Waals surface area contributed by atoms with E-state index in [1.807, 2.05) is 51.8 Å². The first-order valence-electron chi connectivity index (χ1n) is 5.16. The van der Waals surface area contributed by atoms with E-state index in [1.165, 1.54) is 0 Å². The van der Waals surface area contributed by atoms with Gasteiger partial charge in [-0.1, -0.05) is 0 Å². The van der Waals surface area contributed by atoms with E-state index in [2.05, 4.69) is 11.1 Å². The van der Waals surface area contributed by atoms with Gasteiger partial charge in [0.2, 0.25) is 0 Å². The lowest BCUT2D eigenvalue weighted by molar-refractivity contribution is 0.991. The summed E-state index contributed by atoms with van der Waals surface area (Å²) in [6.07, 6.45) is 0. The highest BCUT2D eigenvalue weighted by Gasteiger charge is 2.16. The molecule has 16 heavy (non-hydrogen) atoms. The highest BCUT2D eigenvalue weighted by atomic mass is 15.2. The van der Waals surface area contributed by atoms with Crippen molar-refractivity contribution in [1.29, 1.82) is 5.26 Å². The van der Waals surface area contributed by atoms with Crippen LogP contribution in [0.3, 0.4) is 0 Å². The van der Waals surface area contributed by atoms with E-state index in [9.17, 15) is 5.26 Å². The zero-order valence-corrected chi connectivity index (χ0v) is 10.8. The van der Waals surface area contributed by atoms with Gasteiger partial charge in [-0.25, -0.2) is 4.98 Å². The van der Waals surface area contributed by atoms with Gasteiger partial charge >= 0.3 is 0 Å². The molecule has 0 saturated carbocycles. The molecule has 0 unspecified atom stereocenters. The summed E-state index contributed by atoms with van der Waals surface area (Å²) in [6, 6.07) is 2.23. The zero-order valence-electron chi connectivity index (χ0n) is 10.8. The molecule has 0 aromatic carbocycles. The summed E-state index contributed by atoms with van der Waals surface area (Å²) in [5.41, 5.74) is 2.73. The average Bonchev–Trinajstić information content (AvgIpc) is 2.20. The lowest BCUT2D eigenvalue weighted by atomic mass is 10.1. The molecule has 1 aromatic heterocycles. The van der Waals surface area contributed by atoms with Crippen molar-refractivity contribution in [3.05, 3.63) is 16.7 Å². The molecule has 0 spiro atoms. The molecule has 4 heteroatoms. The molecule has 0 aliphatic rings. The van der Waals surface area contributed by atoms with Crippen LogP contribution in [0, 0.1) is 25.2 Å². The highest BCUT2D eigenvalue weighted by Crippen LogP contribution is 2.28. The fourth-order valence-electron chi connectivity index (χ4n) is 1.66. The third-order valence-electron chi connectivity index (χ3n) is 2.67. The predicted octanol–water partition coefficient (Wildman–Crippen LogP) is 1.70. The summed E-state index contributed by atoms with van der Waals surface area (Å²) in [7, 11) is 7.72. The third kappa shape index (κ3) is 1.94. The van der Waals surface area contributed by atoms with Crippen LogP contribution in [0.15, 0.2) is 0 Å². The zero-order chi connectivity index (χ0) is 12.5. The molecular weight excluding hydrogens is 200 g/mol. The van der Waals surface area contributed by atoms with Crippen LogP contribution in [0.5, 0.6) is 0 Å². The molecule has 0 bridgehead atoms. The van der Waals surface area contributed by atoms with Gasteiger partial charge in [0.05, 0.1) is 5.56 Å². The maximum Gasteiger partial charge on any atom is 0.148 e.